The third-order valence-electron chi connectivity index (χ3n) is 3.81. The van der Waals surface area contributed by atoms with Gasteiger partial charge in [-0.25, -0.2) is 0 Å². The Balaban J connectivity index is 1.97. The van der Waals surface area contributed by atoms with E-state index in [1.165, 1.54) is 22.3 Å². The van der Waals surface area contributed by atoms with E-state index in [0.717, 1.165) is 19.3 Å². The molecule has 0 saturated heterocycles. The highest BCUT2D eigenvalue weighted by Gasteiger charge is 2.12. The molecule has 0 heterocycles. The summed E-state index contributed by atoms with van der Waals surface area (Å²) in [4.78, 5) is 0. The molecule has 0 spiro atoms. The van der Waals surface area contributed by atoms with E-state index in [0.29, 0.717) is 0 Å². The van der Waals surface area contributed by atoms with Crippen LogP contribution in [0.2, 0.25) is 0 Å². The van der Waals surface area contributed by atoms with Crippen LogP contribution >= 0.6 is 0 Å². The van der Waals surface area contributed by atoms with E-state index < -0.39 is 0 Å². The van der Waals surface area contributed by atoms with E-state index >= 15 is 0 Å². The van der Waals surface area contributed by atoms with Gasteiger partial charge in [0.1, 0.15) is 0 Å². The van der Waals surface area contributed by atoms with Crippen LogP contribution in [0.5, 0.6) is 0 Å². The van der Waals surface area contributed by atoms with Crippen molar-refractivity contribution in [2.24, 2.45) is 5.84 Å². The summed E-state index contributed by atoms with van der Waals surface area (Å²) in [5.74, 6) is 5.75. The molecule has 2 nitrogen and oxygen atoms in total. The van der Waals surface area contributed by atoms with E-state index in [2.05, 4.69) is 67.8 Å². The molecule has 2 heteroatoms. The van der Waals surface area contributed by atoms with Crippen molar-refractivity contribution >= 4 is 0 Å². The maximum atomic E-state index is 5.75. The van der Waals surface area contributed by atoms with Gasteiger partial charge in [-0.1, -0.05) is 54.1 Å². The molecule has 20 heavy (non-hydrogen) atoms. The average molecular weight is 268 g/mol. The zero-order valence-electron chi connectivity index (χ0n) is 12.4. The molecule has 1 atom stereocenters. The number of hydrogen-bond acceptors (Lipinski definition) is 2. The van der Waals surface area contributed by atoms with Crippen molar-refractivity contribution in [3.63, 3.8) is 0 Å². The van der Waals surface area contributed by atoms with Gasteiger partial charge in [0.15, 0.2) is 0 Å². The van der Waals surface area contributed by atoms with Crippen LogP contribution in [0.4, 0.5) is 0 Å². The minimum atomic E-state index is 0.235. The molecule has 0 saturated carbocycles. The van der Waals surface area contributed by atoms with Gasteiger partial charge >= 0.3 is 0 Å². The topological polar surface area (TPSA) is 38.0 Å². The van der Waals surface area contributed by atoms with Crippen molar-refractivity contribution in [2.45, 2.75) is 39.2 Å². The molecule has 106 valence electrons. The average Bonchev–Trinajstić information content (AvgIpc) is 2.48. The molecule has 0 bridgehead atoms. The second-order valence-electron chi connectivity index (χ2n) is 5.46. The van der Waals surface area contributed by atoms with E-state index in [4.69, 9.17) is 5.84 Å². The zero-order valence-corrected chi connectivity index (χ0v) is 12.4. The molecule has 0 aliphatic carbocycles. The first-order valence-electron chi connectivity index (χ1n) is 7.28. The fourth-order valence-electron chi connectivity index (χ4n) is 2.62. The molecule has 2 aromatic carbocycles. The van der Waals surface area contributed by atoms with Crippen molar-refractivity contribution in [2.75, 3.05) is 0 Å². The van der Waals surface area contributed by atoms with E-state index in [1.807, 2.05) is 0 Å². The van der Waals surface area contributed by atoms with Crippen LogP contribution in [0.3, 0.4) is 0 Å². The number of nitrogens with two attached hydrogens (primary N) is 1. The summed E-state index contributed by atoms with van der Waals surface area (Å²) in [7, 11) is 0. The Morgan fingerprint density at radius 1 is 1.05 bits per heavy atom. The molecule has 2 rings (SSSR count). The first-order chi connectivity index (χ1) is 9.70. The van der Waals surface area contributed by atoms with Crippen LogP contribution in [0.1, 0.15) is 41.1 Å². The normalized spacial score (nSPS) is 12.3. The van der Waals surface area contributed by atoms with Gasteiger partial charge in [0, 0.05) is 6.04 Å². The molecule has 2 aromatic rings. The van der Waals surface area contributed by atoms with E-state index in [1.54, 1.807) is 0 Å². The van der Waals surface area contributed by atoms with Crippen LogP contribution < -0.4 is 11.3 Å². The monoisotopic (exact) mass is 268 g/mol. The maximum absolute atomic E-state index is 5.75. The van der Waals surface area contributed by atoms with Crippen molar-refractivity contribution in [1.82, 2.24) is 5.43 Å². The molecular formula is C18H24N2. The minimum Gasteiger partial charge on any atom is -0.271 e. The summed E-state index contributed by atoms with van der Waals surface area (Å²) in [6.07, 6.45) is 3.28. The summed E-state index contributed by atoms with van der Waals surface area (Å²) >= 11 is 0. The second-order valence-corrected chi connectivity index (χ2v) is 5.46. The Hall–Kier alpha value is -1.64. The lowest BCUT2D eigenvalue weighted by atomic mass is 9.95. The van der Waals surface area contributed by atoms with Crippen LogP contribution in [-0.4, -0.2) is 0 Å². The predicted octanol–water partition coefficient (Wildman–Crippen LogP) is 3.83. The summed E-state index contributed by atoms with van der Waals surface area (Å²) in [5.41, 5.74) is 8.28. The second kappa shape index (κ2) is 7.22. The number of hydrogen-bond donors (Lipinski definition) is 2. The highest BCUT2D eigenvalue weighted by Crippen LogP contribution is 2.23. The predicted molar refractivity (Wildman–Crippen MR) is 85.4 cm³/mol. The summed E-state index contributed by atoms with van der Waals surface area (Å²) in [6, 6.07) is 17.4. The van der Waals surface area contributed by atoms with Crippen molar-refractivity contribution in [3.05, 3.63) is 70.8 Å². The molecule has 0 aliphatic heterocycles. The van der Waals surface area contributed by atoms with Gasteiger partial charge in [0.25, 0.3) is 0 Å². The summed E-state index contributed by atoms with van der Waals surface area (Å²) in [6.45, 7) is 4.27. The zero-order chi connectivity index (χ0) is 14.4. The van der Waals surface area contributed by atoms with Gasteiger partial charge < -0.3 is 0 Å². The van der Waals surface area contributed by atoms with E-state index in [9.17, 15) is 0 Å². The molecule has 0 fully saturated rings. The Morgan fingerprint density at radius 3 is 2.50 bits per heavy atom. The number of rotatable bonds is 6. The Bertz CT molecular complexity index is 534. The largest absolute Gasteiger partial charge is 0.271 e. The van der Waals surface area contributed by atoms with Crippen molar-refractivity contribution in [3.8, 4) is 0 Å². The summed E-state index contributed by atoms with van der Waals surface area (Å²) in [5, 5.41) is 0. The molecule has 1 unspecified atom stereocenters. The van der Waals surface area contributed by atoms with E-state index in [-0.39, 0.29) is 6.04 Å². The molecule has 0 aromatic heterocycles. The van der Waals surface area contributed by atoms with Crippen LogP contribution in [0.15, 0.2) is 48.5 Å². The van der Waals surface area contributed by atoms with Crippen molar-refractivity contribution < 1.29 is 0 Å². The summed E-state index contributed by atoms with van der Waals surface area (Å²) < 4.78 is 0. The quantitative estimate of drug-likeness (QED) is 0.617. The third kappa shape index (κ3) is 3.92. The van der Waals surface area contributed by atoms with Gasteiger partial charge in [-0.05, 0) is 49.8 Å². The first-order valence-corrected chi connectivity index (χ1v) is 7.28. The highest BCUT2D eigenvalue weighted by molar-refractivity contribution is 5.33. The van der Waals surface area contributed by atoms with Gasteiger partial charge in [-0.3, -0.25) is 11.3 Å². The minimum absolute atomic E-state index is 0.235. The highest BCUT2D eigenvalue weighted by atomic mass is 15.2. The Kier molecular flexibility index (Phi) is 5.33. The van der Waals surface area contributed by atoms with Gasteiger partial charge in [-0.15, -0.1) is 0 Å². The van der Waals surface area contributed by atoms with Crippen molar-refractivity contribution in [1.29, 1.82) is 0 Å². The number of benzene rings is 2. The Labute approximate surface area is 122 Å². The van der Waals surface area contributed by atoms with Gasteiger partial charge in [0.05, 0.1) is 0 Å². The van der Waals surface area contributed by atoms with Crippen LogP contribution in [-0.2, 0) is 6.42 Å². The maximum Gasteiger partial charge on any atom is 0.0462 e. The fraction of sp³-hybridized carbons (Fsp3) is 0.333. The lowest BCUT2D eigenvalue weighted by Gasteiger charge is -2.19. The number of aryl methyl sites for hydroxylation is 3. The number of hydrazine groups is 1. The van der Waals surface area contributed by atoms with Gasteiger partial charge in [0.2, 0.25) is 0 Å². The fourth-order valence-corrected chi connectivity index (χ4v) is 2.62. The Morgan fingerprint density at radius 2 is 1.80 bits per heavy atom. The standard InChI is InChI=1S/C18H24N2/c1-14-11-12-15(2)17(13-14)18(20-19)10-6-9-16-7-4-3-5-8-16/h3-5,7-8,11-13,18,20H,6,9-10,19H2,1-2H3. The molecule has 0 aliphatic rings. The SMILES string of the molecule is Cc1ccc(C)c(C(CCCc2ccccc2)NN)c1. The molecule has 3 N–H and O–H groups in total. The number of nitrogens with one attached hydrogen (secondary N) is 1. The first kappa shape index (κ1) is 14.8. The lowest BCUT2D eigenvalue weighted by Crippen LogP contribution is -2.28. The molecule has 0 radical (unpaired) electrons. The van der Waals surface area contributed by atoms with Gasteiger partial charge in [-0.2, -0.15) is 0 Å². The smallest absolute Gasteiger partial charge is 0.0462 e. The lowest BCUT2D eigenvalue weighted by molar-refractivity contribution is 0.496. The molecular weight excluding hydrogens is 244 g/mol. The third-order valence-corrected chi connectivity index (χ3v) is 3.81. The van der Waals surface area contributed by atoms with Crippen LogP contribution in [0.25, 0.3) is 0 Å². The molecule has 0 amide bonds. The van der Waals surface area contributed by atoms with Crippen LogP contribution in [0, 0.1) is 13.8 Å².